The minimum atomic E-state index is -0.186. The molecule has 0 aliphatic heterocycles. The van der Waals surface area contributed by atoms with Crippen LogP contribution >= 0.6 is 23.4 Å². The van der Waals surface area contributed by atoms with E-state index < -0.39 is 0 Å². The molecule has 0 bridgehead atoms. The monoisotopic (exact) mass is 322 g/mol. The largest absolute Gasteiger partial charge is 0.338 e. The third kappa shape index (κ3) is 3.37. The van der Waals surface area contributed by atoms with E-state index in [1.54, 1.807) is 25.1 Å². The molecule has 2 heterocycles. The molecule has 1 amide bonds. The Balaban J connectivity index is 1.61. The lowest BCUT2D eigenvalue weighted by atomic mass is 10.3. The van der Waals surface area contributed by atoms with E-state index in [0.717, 1.165) is 11.0 Å². The number of imidazole rings is 1. The van der Waals surface area contributed by atoms with Crippen LogP contribution in [0.25, 0.3) is 11.0 Å². The number of fused-ring (bicyclic) bond motifs is 1. The van der Waals surface area contributed by atoms with Crippen LogP contribution in [0.5, 0.6) is 0 Å². The number of aromatic amines is 1. The third-order valence-electron chi connectivity index (χ3n) is 2.65. The summed E-state index contributed by atoms with van der Waals surface area (Å²) >= 11 is 7.21. The Hall–Kier alpha value is -1.99. The summed E-state index contributed by atoms with van der Waals surface area (Å²) in [6, 6.07) is 7.06. The molecular weight excluding hydrogens is 312 g/mol. The highest BCUT2D eigenvalue weighted by molar-refractivity contribution is 7.99. The topological polar surface area (TPSA) is 83.8 Å². The van der Waals surface area contributed by atoms with Gasteiger partial charge in [-0.3, -0.25) is 10.1 Å². The molecule has 0 aliphatic rings. The predicted molar refractivity (Wildman–Crippen MR) is 81.7 cm³/mol. The van der Waals surface area contributed by atoms with Crippen LogP contribution in [0.2, 0.25) is 5.02 Å². The Morgan fingerprint density at radius 3 is 3.10 bits per heavy atom. The van der Waals surface area contributed by atoms with Gasteiger partial charge in [-0.2, -0.15) is 0 Å². The first-order valence-electron chi connectivity index (χ1n) is 6.11. The maximum Gasteiger partial charge on any atom is 0.237 e. The average molecular weight is 323 g/mol. The molecule has 0 unspecified atom stereocenters. The Morgan fingerprint density at radius 1 is 1.48 bits per heavy atom. The fraction of sp³-hybridized carbons (Fsp3) is 0.154. The summed E-state index contributed by atoms with van der Waals surface area (Å²) < 4.78 is 4.92. The van der Waals surface area contributed by atoms with Crippen molar-refractivity contribution in [1.29, 1.82) is 0 Å². The van der Waals surface area contributed by atoms with Crippen LogP contribution in [0, 0.1) is 6.92 Å². The number of halogens is 1. The number of rotatable bonds is 4. The summed E-state index contributed by atoms with van der Waals surface area (Å²) in [7, 11) is 0. The van der Waals surface area contributed by atoms with Crippen molar-refractivity contribution in [3.05, 3.63) is 35.0 Å². The number of hydrogen-bond acceptors (Lipinski definition) is 5. The van der Waals surface area contributed by atoms with Crippen molar-refractivity contribution in [2.75, 3.05) is 11.1 Å². The van der Waals surface area contributed by atoms with Crippen molar-refractivity contribution in [3.63, 3.8) is 0 Å². The first kappa shape index (κ1) is 14.0. The molecule has 0 radical (unpaired) electrons. The zero-order valence-electron chi connectivity index (χ0n) is 11.0. The van der Waals surface area contributed by atoms with Crippen LogP contribution in [0.1, 0.15) is 5.69 Å². The molecule has 21 heavy (non-hydrogen) atoms. The van der Waals surface area contributed by atoms with Gasteiger partial charge in [0.15, 0.2) is 5.16 Å². The fourth-order valence-corrected chi connectivity index (χ4v) is 2.61. The van der Waals surface area contributed by atoms with Gasteiger partial charge in [-0.1, -0.05) is 28.5 Å². The van der Waals surface area contributed by atoms with Crippen molar-refractivity contribution in [2.24, 2.45) is 0 Å². The highest BCUT2D eigenvalue weighted by Gasteiger charge is 2.09. The van der Waals surface area contributed by atoms with Crippen molar-refractivity contribution in [1.82, 2.24) is 15.1 Å². The van der Waals surface area contributed by atoms with E-state index in [9.17, 15) is 4.79 Å². The molecule has 0 saturated heterocycles. The van der Waals surface area contributed by atoms with Crippen LogP contribution in [0.15, 0.2) is 33.9 Å². The van der Waals surface area contributed by atoms with E-state index in [1.165, 1.54) is 11.8 Å². The Bertz CT molecular complexity index is 798. The van der Waals surface area contributed by atoms with E-state index >= 15 is 0 Å². The molecule has 0 saturated carbocycles. The number of nitrogens with zero attached hydrogens (tertiary/aromatic N) is 2. The maximum absolute atomic E-state index is 11.8. The lowest BCUT2D eigenvalue weighted by molar-refractivity contribution is -0.113. The molecule has 2 aromatic heterocycles. The predicted octanol–water partition coefficient (Wildman–Crippen LogP) is 3.24. The molecule has 0 fully saturated rings. The second kappa shape index (κ2) is 5.79. The number of H-pyrrole nitrogens is 1. The number of carbonyl (C=O) groups is 1. The van der Waals surface area contributed by atoms with Gasteiger partial charge in [-0.25, -0.2) is 4.98 Å². The number of benzene rings is 1. The first-order valence-corrected chi connectivity index (χ1v) is 7.48. The minimum absolute atomic E-state index is 0.186. The van der Waals surface area contributed by atoms with Gasteiger partial charge in [-0.15, -0.1) is 0 Å². The summed E-state index contributed by atoms with van der Waals surface area (Å²) in [6.45, 7) is 1.79. The number of carbonyl (C=O) groups excluding carboxylic acids is 1. The lowest BCUT2D eigenvalue weighted by Crippen LogP contribution is -2.13. The van der Waals surface area contributed by atoms with Crippen LogP contribution in [0.4, 0.5) is 5.88 Å². The third-order valence-corrected chi connectivity index (χ3v) is 3.76. The van der Waals surface area contributed by atoms with Crippen LogP contribution in [-0.4, -0.2) is 26.8 Å². The summed E-state index contributed by atoms with van der Waals surface area (Å²) in [5, 5.41) is 7.62. The summed E-state index contributed by atoms with van der Waals surface area (Å²) in [5.41, 5.74) is 2.37. The van der Waals surface area contributed by atoms with Crippen molar-refractivity contribution in [3.8, 4) is 0 Å². The lowest BCUT2D eigenvalue weighted by Gasteiger charge is -1.98. The van der Waals surface area contributed by atoms with Crippen molar-refractivity contribution >= 4 is 46.2 Å². The normalized spacial score (nSPS) is 11.0. The molecule has 8 heteroatoms. The van der Waals surface area contributed by atoms with Crippen LogP contribution < -0.4 is 5.32 Å². The fourth-order valence-electron chi connectivity index (χ4n) is 1.76. The van der Waals surface area contributed by atoms with Gasteiger partial charge in [0, 0.05) is 11.1 Å². The number of anilines is 1. The number of amides is 1. The molecule has 0 spiro atoms. The second-order valence-corrected chi connectivity index (χ2v) is 5.77. The van der Waals surface area contributed by atoms with Crippen LogP contribution in [-0.2, 0) is 4.79 Å². The molecule has 0 aliphatic carbocycles. The summed E-state index contributed by atoms with van der Waals surface area (Å²) in [5.74, 6) is 0.372. The molecule has 0 atom stereocenters. The second-order valence-electron chi connectivity index (χ2n) is 4.37. The summed E-state index contributed by atoms with van der Waals surface area (Å²) in [4.78, 5) is 19.3. The van der Waals surface area contributed by atoms with Gasteiger partial charge >= 0.3 is 0 Å². The van der Waals surface area contributed by atoms with Crippen molar-refractivity contribution in [2.45, 2.75) is 12.1 Å². The number of aryl methyl sites for hydroxylation is 1. The van der Waals surface area contributed by atoms with E-state index in [0.29, 0.717) is 21.8 Å². The smallest absolute Gasteiger partial charge is 0.237 e. The van der Waals surface area contributed by atoms with Gasteiger partial charge in [0.25, 0.3) is 0 Å². The average Bonchev–Trinajstić information content (AvgIpc) is 3.02. The van der Waals surface area contributed by atoms with Gasteiger partial charge in [0.2, 0.25) is 11.8 Å². The van der Waals surface area contributed by atoms with Crippen molar-refractivity contribution < 1.29 is 9.32 Å². The quantitative estimate of drug-likeness (QED) is 0.720. The summed E-state index contributed by atoms with van der Waals surface area (Å²) in [6.07, 6.45) is 0. The van der Waals surface area contributed by atoms with E-state index in [-0.39, 0.29) is 11.7 Å². The maximum atomic E-state index is 11.8. The molecule has 108 valence electrons. The van der Waals surface area contributed by atoms with Gasteiger partial charge in [-0.05, 0) is 25.1 Å². The SMILES string of the molecule is Cc1cc(NC(=O)CSc2nc3ccc(Cl)cc3[nH]2)on1. The first-order chi connectivity index (χ1) is 10.1. The van der Waals surface area contributed by atoms with Gasteiger partial charge < -0.3 is 9.51 Å². The Kier molecular flexibility index (Phi) is 3.85. The van der Waals surface area contributed by atoms with Crippen LogP contribution in [0.3, 0.4) is 0 Å². The minimum Gasteiger partial charge on any atom is -0.338 e. The Labute approximate surface area is 129 Å². The zero-order valence-corrected chi connectivity index (χ0v) is 12.6. The molecular formula is C13H11ClN4O2S. The molecule has 1 aromatic carbocycles. The van der Waals surface area contributed by atoms with Gasteiger partial charge in [0.1, 0.15) is 0 Å². The number of thioether (sulfide) groups is 1. The number of hydrogen-bond donors (Lipinski definition) is 2. The zero-order chi connectivity index (χ0) is 14.8. The number of aromatic nitrogens is 3. The molecule has 2 N–H and O–H groups in total. The van der Waals surface area contributed by atoms with E-state index in [1.807, 2.05) is 6.07 Å². The highest BCUT2D eigenvalue weighted by Crippen LogP contribution is 2.22. The van der Waals surface area contributed by atoms with E-state index in [4.69, 9.17) is 16.1 Å². The highest BCUT2D eigenvalue weighted by atomic mass is 35.5. The standard InChI is InChI=1S/C13H11ClN4O2S/c1-7-4-12(20-18-7)17-11(19)6-21-13-15-9-3-2-8(14)5-10(9)16-13/h2-5H,6H2,1H3,(H,15,16)(H,17,19). The molecule has 6 nitrogen and oxygen atoms in total. The molecule has 3 rings (SSSR count). The Morgan fingerprint density at radius 2 is 2.33 bits per heavy atom. The number of nitrogens with one attached hydrogen (secondary N) is 2. The molecule has 3 aromatic rings. The van der Waals surface area contributed by atoms with E-state index in [2.05, 4.69) is 20.4 Å². The van der Waals surface area contributed by atoms with Gasteiger partial charge in [0.05, 0.1) is 22.5 Å².